The van der Waals surface area contributed by atoms with Gasteiger partial charge in [0.15, 0.2) is 5.65 Å². The van der Waals surface area contributed by atoms with Crippen LogP contribution in [0, 0.1) is 23.2 Å². The molecule has 0 spiro atoms. The summed E-state index contributed by atoms with van der Waals surface area (Å²) in [6.45, 7) is 5.56. The van der Waals surface area contributed by atoms with Crippen molar-refractivity contribution in [3.05, 3.63) is 17.8 Å². The van der Waals surface area contributed by atoms with E-state index in [0.717, 1.165) is 42.6 Å². The number of ether oxygens (including phenoxy) is 1. The number of hydrogen-bond acceptors (Lipinski definition) is 5. The lowest BCUT2D eigenvalue weighted by Gasteiger charge is -2.58. The van der Waals surface area contributed by atoms with Crippen molar-refractivity contribution in [1.29, 1.82) is 0 Å². The van der Waals surface area contributed by atoms with Gasteiger partial charge in [-0.2, -0.15) is 8.42 Å². The van der Waals surface area contributed by atoms with E-state index in [0.29, 0.717) is 22.9 Å². The Bertz CT molecular complexity index is 1030. The zero-order valence-corrected chi connectivity index (χ0v) is 18.0. The maximum atomic E-state index is 11.8. The third-order valence-electron chi connectivity index (χ3n) is 7.43. The van der Waals surface area contributed by atoms with E-state index in [4.69, 9.17) is 4.74 Å². The fourth-order valence-electron chi connectivity index (χ4n) is 5.17. The van der Waals surface area contributed by atoms with Gasteiger partial charge in [-0.25, -0.2) is 9.44 Å². The van der Waals surface area contributed by atoms with E-state index >= 15 is 0 Å². The molecule has 0 aromatic carbocycles. The predicted octanol–water partition coefficient (Wildman–Crippen LogP) is 2.93. The Morgan fingerprint density at radius 1 is 1.21 bits per heavy atom. The molecule has 2 atom stereocenters. The molecule has 2 aromatic heterocycles. The third kappa shape index (κ3) is 3.38. The van der Waals surface area contributed by atoms with Gasteiger partial charge in [0, 0.05) is 24.9 Å². The molecule has 0 radical (unpaired) electrons. The van der Waals surface area contributed by atoms with Crippen molar-refractivity contribution >= 4 is 21.8 Å². The minimum atomic E-state index is -3.65. The van der Waals surface area contributed by atoms with Crippen LogP contribution in [-0.4, -0.2) is 36.7 Å². The fourth-order valence-corrected chi connectivity index (χ4v) is 5.65. The number of hydrogen-bond donors (Lipinski definition) is 2. The maximum Gasteiger partial charge on any atom is 0.301 e. The van der Waals surface area contributed by atoms with Crippen LogP contribution in [0.2, 0.25) is 0 Å². The van der Waals surface area contributed by atoms with Crippen LogP contribution in [0.15, 0.2) is 12.3 Å². The van der Waals surface area contributed by atoms with Crippen LogP contribution in [0.1, 0.15) is 57.4 Å². The number of nitrogens with zero attached hydrogens (tertiary/aromatic N) is 3. The van der Waals surface area contributed by atoms with Crippen LogP contribution >= 0.6 is 0 Å². The van der Waals surface area contributed by atoms with Gasteiger partial charge < -0.3 is 4.74 Å². The molecule has 0 saturated heterocycles. The molecule has 4 saturated carbocycles. The Morgan fingerprint density at radius 2 is 1.93 bits per heavy atom. The lowest BCUT2D eigenvalue weighted by molar-refractivity contribution is -0.0963. The number of pyridine rings is 1. The van der Waals surface area contributed by atoms with Gasteiger partial charge >= 0.3 is 10.2 Å². The molecule has 4 fully saturated rings. The van der Waals surface area contributed by atoms with Gasteiger partial charge in [-0.05, 0) is 61.2 Å². The van der Waals surface area contributed by atoms with Crippen LogP contribution < -0.4 is 14.2 Å². The van der Waals surface area contributed by atoms with E-state index in [1.807, 2.05) is 12.3 Å². The van der Waals surface area contributed by atoms with Crippen LogP contribution in [0.25, 0.3) is 5.65 Å². The van der Waals surface area contributed by atoms with Crippen molar-refractivity contribution in [2.75, 3.05) is 18.4 Å². The predicted molar refractivity (Wildman–Crippen MR) is 110 cm³/mol. The monoisotopic (exact) mass is 419 g/mol. The number of nitrogens with one attached hydrogen (secondary N) is 2. The molecular formula is C20H29N5O3S. The Hall–Kier alpha value is -1.87. The molecule has 2 unspecified atom stereocenters. The van der Waals surface area contributed by atoms with Gasteiger partial charge in [0.2, 0.25) is 5.95 Å². The van der Waals surface area contributed by atoms with Crippen LogP contribution in [0.5, 0.6) is 5.75 Å². The molecule has 4 aliphatic carbocycles. The molecule has 2 aromatic rings. The first kappa shape index (κ1) is 19.1. The third-order valence-corrected chi connectivity index (χ3v) is 8.42. The average Bonchev–Trinajstić information content (AvgIpc) is 3.48. The highest BCUT2D eigenvalue weighted by Gasteiger charge is 2.52. The van der Waals surface area contributed by atoms with Gasteiger partial charge in [-0.3, -0.25) is 4.40 Å². The normalized spacial score (nSPS) is 28.2. The summed E-state index contributed by atoms with van der Waals surface area (Å²) < 4.78 is 36.3. The summed E-state index contributed by atoms with van der Waals surface area (Å²) in [4.78, 5) is 0. The van der Waals surface area contributed by atoms with Gasteiger partial charge in [0.05, 0.1) is 6.61 Å². The molecule has 2 bridgehead atoms. The zero-order chi connectivity index (χ0) is 20.4. The molecule has 0 amide bonds. The molecular weight excluding hydrogens is 390 g/mol. The SMILES string of the molecule is CNS(=O)(=O)Nc1nnc2cc(OCC3CC4CC(C3)C4(C)C)c(C3CC3)cn12. The van der Waals surface area contributed by atoms with E-state index in [1.54, 1.807) is 4.40 Å². The number of fused-ring (bicyclic) bond motifs is 3. The molecule has 2 heterocycles. The summed E-state index contributed by atoms with van der Waals surface area (Å²) in [5.41, 5.74) is 2.20. The van der Waals surface area contributed by atoms with Gasteiger partial charge in [-0.15, -0.1) is 10.2 Å². The highest BCUT2D eigenvalue weighted by molar-refractivity contribution is 7.90. The molecule has 158 valence electrons. The topological polar surface area (TPSA) is 97.6 Å². The first-order valence-electron chi connectivity index (χ1n) is 10.5. The lowest BCUT2D eigenvalue weighted by Crippen LogP contribution is -2.51. The van der Waals surface area contributed by atoms with Crippen molar-refractivity contribution in [1.82, 2.24) is 19.3 Å². The van der Waals surface area contributed by atoms with E-state index < -0.39 is 10.2 Å². The highest BCUT2D eigenvalue weighted by Crippen LogP contribution is 2.60. The van der Waals surface area contributed by atoms with Crippen molar-refractivity contribution in [2.45, 2.75) is 51.9 Å². The summed E-state index contributed by atoms with van der Waals surface area (Å²) in [7, 11) is -2.30. The molecule has 6 rings (SSSR count). The fraction of sp³-hybridized carbons (Fsp3) is 0.700. The van der Waals surface area contributed by atoms with Crippen LogP contribution in [0.4, 0.5) is 5.95 Å². The molecule has 29 heavy (non-hydrogen) atoms. The smallest absolute Gasteiger partial charge is 0.301 e. The summed E-state index contributed by atoms with van der Waals surface area (Å²) in [5.74, 6) is 3.79. The Kier molecular flexibility index (Phi) is 4.33. The van der Waals surface area contributed by atoms with Crippen molar-refractivity contribution in [3.63, 3.8) is 0 Å². The standard InChI is InChI=1S/C20H29N5O3S/c1-20(2)14-6-12(7-15(20)8-14)11-28-17-9-18-22-23-19(24-29(26,27)21-3)25(18)10-16(17)13-4-5-13/h9-10,12-15,21H,4-8,11H2,1-3H3,(H,23,24). The van der Waals surface area contributed by atoms with E-state index in [9.17, 15) is 8.42 Å². The minimum Gasteiger partial charge on any atom is -0.493 e. The highest BCUT2D eigenvalue weighted by atomic mass is 32.2. The lowest BCUT2D eigenvalue weighted by atomic mass is 9.47. The van der Waals surface area contributed by atoms with Crippen molar-refractivity contribution in [3.8, 4) is 5.75 Å². The second kappa shape index (κ2) is 6.57. The minimum absolute atomic E-state index is 0.178. The largest absolute Gasteiger partial charge is 0.493 e. The second-order valence-corrected chi connectivity index (χ2v) is 11.1. The Balaban J connectivity index is 1.36. The average molecular weight is 420 g/mol. The first-order chi connectivity index (χ1) is 13.8. The Labute approximate surface area is 171 Å². The number of rotatable bonds is 7. The molecule has 0 aliphatic heterocycles. The zero-order valence-electron chi connectivity index (χ0n) is 17.2. The van der Waals surface area contributed by atoms with E-state index in [-0.39, 0.29) is 5.95 Å². The molecule has 9 heteroatoms. The Morgan fingerprint density at radius 3 is 2.55 bits per heavy atom. The quantitative estimate of drug-likeness (QED) is 0.719. The van der Waals surface area contributed by atoms with Gasteiger partial charge in [0.25, 0.3) is 0 Å². The van der Waals surface area contributed by atoms with Gasteiger partial charge in [0.1, 0.15) is 5.75 Å². The first-order valence-corrected chi connectivity index (χ1v) is 12.0. The summed E-state index contributed by atoms with van der Waals surface area (Å²) in [6, 6.07) is 1.89. The summed E-state index contributed by atoms with van der Waals surface area (Å²) >= 11 is 0. The molecule has 8 nitrogen and oxygen atoms in total. The summed E-state index contributed by atoms with van der Waals surface area (Å²) in [5, 5.41) is 8.13. The van der Waals surface area contributed by atoms with Crippen LogP contribution in [-0.2, 0) is 10.2 Å². The van der Waals surface area contributed by atoms with Gasteiger partial charge in [-0.1, -0.05) is 13.8 Å². The van der Waals surface area contributed by atoms with Crippen LogP contribution in [0.3, 0.4) is 0 Å². The molecule has 2 N–H and O–H groups in total. The maximum absolute atomic E-state index is 11.8. The van der Waals surface area contributed by atoms with E-state index in [2.05, 4.69) is 33.5 Å². The van der Waals surface area contributed by atoms with Crippen molar-refractivity contribution < 1.29 is 13.2 Å². The second-order valence-electron chi connectivity index (χ2n) is 9.53. The van der Waals surface area contributed by atoms with Crippen molar-refractivity contribution in [2.24, 2.45) is 23.2 Å². The van der Waals surface area contributed by atoms with E-state index in [1.165, 1.54) is 26.3 Å². The number of anilines is 1. The summed E-state index contributed by atoms with van der Waals surface area (Å²) in [6.07, 6.45) is 8.08. The number of aromatic nitrogens is 3. The molecule has 4 aliphatic rings.